The fourth-order valence-electron chi connectivity index (χ4n) is 3.60. The van der Waals surface area contributed by atoms with E-state index in [1.807, 2.05) is 14.1 Å². The summed E-state index contributed by atoms with van der Waals surface area (Å²) in [6.45, 7) is 6.43. The van der Waals surface area contributed by atoms with Gasteiger partial charge in [-0.25, -0.2) is 13.2 Å². The summed E-state index contributed by atoms with van der Waals surface area (Å²) >= 11 is 0. The Morgan fingerprint density at radius 1 is 0.972 bits per heavy atom. The minimum Gasteiger partial charge on any atom is -0.453 e. The highest BCUT2D eigenvalue weighted by atomic mass is 19.1. The molecule has 6 nitrogen and oxygen atoms in total. The lowest BCUT2D eigenvalue weighted by molar-refractivity contribution is -0.123. The number of rotatable bonds is 9. The molecule has 0 aliphatic heterocycles. The summed E-state index contributed by atoms with van der Waals surface area (Å²) in [4.78, 5) is 27.2. The zero-order valence-corrected chi connectivity index (χ0v) is 21.2. The first-order chi connectivity index (χ1) is 16.9. The molecule has 0 aliphatic carbocycles. The number of hydrogen-bond donors (Lipinski definition) is 2. The Morgan fingerprint density at radius 3 is 2.33 bits per heavy atom. The van der Waals surface area contributed by atoms with Crippen molar-refractivity contribution >= 4 is 28.3 Å². The van der Waals surface area contributed by atoms with E-state index in [1.54, 1.807) is 20.8 Å². The largest absolute Gasteiger partial charge is 0.453 e. The van der Waals surface area contributed by atoms with E-state index in [0.717, 1.165) is 37.9 Å². The third-order valence-electron chi connectivity index (χ3n) is 5.67. The van der Waals surface area contributed by atoms with Crippen LogP contribution in [0.15, 0.2) is 39.5 Å². The molecule has 194 valence electrons. The number of amides is 1. The number of nitrogens with zero attached hydrogens (tertiary/aromatic N) is 1. The summed E-state index contributed by atoms with van der Waals surface area (Å²) in [5.41, 5.74) is -1.79. The van der Waals surface area contributed by atoms with Gasteiger partial charge in [-0.15, -0.1) is 0 Å². The topological polar surface area (TPSA) is 74.6 Å². The van der Waals surface area contributed by atoms with Crippen molar-refractivity contribution in [1.82, 2.24) is 4.90 Å². The normalized spacial score (nSPS) is 11.8. The highest BCUT2D eigenvalue weighted by Crippen LogP contribution is 2.32. The van der Waals surface area contributed by atoms with Gasteiger partial charge in [0.25, 0.3) is 0 Å². The number of hydrogen-bond acceptors (Lipinski definition) is 5. The van der Waals surface area contributed by atoms with Gasteiger partial charge in [0.1, 0.15) is 17.4 Å². The monoisotopic (exact) mass is 503 g/mol. The average Bonchev–Trinajstić information content (AvgIpc) is 2.78. The van der Waals surface area contributed by atoms with E-state index in [0.29, 0.717) is 12.6 Å². The fraction of sp³-hybridized carbons (Fsp3) is 0.407. The van der Waals surface area contributed by atoms with Gasteiger partial charge in [0, 0.05) is 29.7 Å². The van der Waals surface area contributed by atoms with Crippen LogP contribution in [0.4, 0.5) is 24.5 Å². The second kappa shape index (κ2) is 11.2. The van der Waals surface area contributed by atoms with Gasteiger partial charge in [0.2, 0.25) is 5.91 Å². The number of carbonyl (C=O) groups is 1. The summed E-state index contributed by atoms with van der Waals surface area (Å²) in [6.07, 6.45) is 2.62. The number of halogens is 3. The van der Waals surface area contributed by atoms with Gasteiger partial charge in [-0.1, -0.05) is 27.2 Å². The second-order valence-corrected chi connectivity index (χ2v) is 10.1. The van der Waals surface area contributed by atoms with Gasteiger partial charge in [-0.3, -0.25) is 9.59 Å². The minimum absolute atomic E-state index is 0.0351. The van der Waals surface area contributed by atoms with Crippen molar-refractivity contribution in [2.45, 2.75) is 40.0 Å². The molecule has 0 aliphatic rings. The molecule has 1 heterocycles. The Morgan fingerprint density at radius 2 is 1.69 bits per heavy atom. The van der Waals surface area contributed by atoms with Crippen molar-refractivity contribution in [2.24, 2.45) is 5.41 Å². The molecular weight excluding hydrogens is 471 g/mol. The molecule has 0 atom stereocenters. The third kappa shape index (κ3) is 6.46. The van der Waals surface area contributed by atoms with Crippen LogP contribution in [-0.4, -0.2) is 38.0 Å². The molecule has 0 saturated heterocycles. The van der Waals surface area contributed by atoms with Crippen molar-refractivity contribution in [1.29, 1.82) is 0 Å². The maximum Gasteiger partial charge on any atom is 0.229 e. The molecule has 36 heavy (non-hydrogen) atoms. The molecule has 9 heteroatoms. The van der Waals surface area contributed by atoms with Crippen LogP contribution in [0, 0.1) is 22.9 Å². The van der Waals surface area contributed by atoms with Gasteiger partial charge in [-0.05, 0) is 51.7 Å². The Kier molecular flexibility index (Phi) is 8.45. The molecule has 1 amide bonds. The van der Waals surface area contributed by atoms with Gasteiger partial charge < -0.3 is 20.0 Å². The summed E-state index contributed by atoms with van der Waals surface area (Å²) in [7, 11) is 3.97. The first-order valence-corrected chi connectivity index (χ1v) is 11.8. The van der Waals surface area contributed by atoms with Crippen molar-refractivity contribution in [3.8, 4) is 11.3 Å². The van der Waals surface area contributed by atoms with Crippen LogP contribution < -0.4 is 16.1 Å². The number of fused-ring (bicyclic) bond motifs is 1. The maximum absolute atomic E-state index is 14.7. The van der Waals surface area contributed by atoms with Gasteiger partial charge >= 0.3 is 0 Å². The van der Waals surface area contributed by atoms with E-state index in [9.17, 15) is 22.8 Å². The maximum atomic E-state index is 14.7. The molecule has 0 fully saturated rings. The second-order valence-electron chi connectivity index (χ2n) is 10.1. The van der Waals surface area contributed by atoms with Gasteiger partial charge in [0.05, 0.1) is 16.8 Å². The standard InChI is InChI=1S/C27H32F3N3O3/c1-27(2,3)26(35)32-20-10-9-16(13-17(20)28)22-15-21(34)23-24(18(29)14-19(30)25(23)36-22)31-11-7-6-8-12-33(4)5/h9-10,13-15,31H,6-8,11-12H2,1-5H3,(H,32,35). The first kappa shape index (κ1) is 27.3. The molecule has 3 rings (SSSR count). The molecule has 0 radical (unpaired) electrons. The van der Waals surface area contributed by atoms with E-state index in [2.05, 4.69) is 15.5 Å². The molecule has 0 spiro atoms. The number of carbonyl (C=O) groups excluding carboxylic acids is 1. The lowest BCUT2D eigenvalue weighted by Crippen LogP contribution is -2.28. The molecule has 2 aromatic carbocycles. The van der Waals surface area contributed by atoms with E-state index in [4.69, 9.17) is 4.42 Å². The predicted octanol–water partition coefficient (Wildman–Crippen LogP) is 6.01. The van der Waals surface area contributed by atoms with E-state index < -0.39 is 33.9 Å². The summed E-state index contributed by atoms with van der Waals surface area (Å²) in [6, 6.07) is 5.60. The van der Waals surface area contributed by atoms with Crippen LogP contribution in [0.25, 0.3) is 22.3 Å². The highest BCUT2D eigenvalue weighted by Gasteiger charge is 2.23. The molecule has 0 saturated carbocycles. The summed E-state index contributed by atoms with van der Waals surface area (Å²) < 4.78 is 49.5. The predicted molar refractivity (Wildman–Crippen MR) is 137 cm³/mol. The Bertz CT molecular complexity index is 1310. The summed E-state index contributed by atoms with van der Waals surface area (Å²) in [5.74, 6) is -3.12. The Labute approximate surface area is 208 Å². The van der Waals surface area contributed by atoms with Crippen molar-refractivity contribution in [2.75, 3.05) is 37.8 Å². The number of unbranched alkanes of at least 4 members (excludes halogenated alkanes) is 2. The zero-order chi connectivity index (χ0) is 26.6. The Hall–Kier alpha value is -3.33. The zero-order valence-electron chi connectivity index (χ0n) is 21.2. The Balaban J connectivity index is 1.89. The van der Waals surface area contributed by atoms with Crippen LogP contribution in [0.1, 0.15) is 40.0 Å². The van der Waals surface area contributed by atoms with Gasteiger partial charge in [-0.2, -0.15) is 0 Å². The first-order valence-electron chi connectivity index (χ1n) is 11.8. The lowest BCUT2D eigenvalue weighted by atomic mass is 9.95. The number of anilines is 2. The third-order valence-corrected chi connectivity index (χ3v) is 5.67. The molecule has 0 unspecified atom stereocenters. The minimum atomic E-state index is -1.03. The van der Waals surface area contributed by atoms with E-state index >= 15 is 0 Å². The van der Waals surface area contributed by atoms with Gasteiger partial charge in [0.15, 0.2) is 16.8 Å². The number of nitrogens with one attached hydrogen (secondary N) is 2. The van der Waals surface area contributed by atoms with Crippen LogP contribution in [-0.2, 0) is 4.79 Å². The van der Waals surface area contributed by atoms with E-state index in [-0.39, 0.29) is 34.0 Å². The molecule has 1 aromatic heterocycles. The van der Waals surface area contributed by atoms with Crippen molar-refractivity contribution in [3.63, 3.8) is 0 Å². The van der Waals surface area contributed by atoms with E-state index in [1.165, 1.54) is 12.1 Å². The number of benzene rings is 2. The summed E-state index contributed by atoms with van der Waals surface area (Å²) in [5, 5.41) is 5.18. The van der Waals surface area contributed by atoms with Crippen molar-refractivity contribution in [3.05, 3.63) is 58.0 Å². The van der Waals surface area contributed by atoms with Crippen LogP contribution in [0.2, 0.25) is 0 Å². The van der Waals surface area contributed by atoms with Crippen LogP contribution in [0.5, 0.6) is 0 Å². The SMILES string of the molecule is CN(C)CCCCCNc1c(F)cc(F)c2oc(-c3ccc(NC(=O)C(C)(C)C)c(F)c3)cc(=O)c12. The average molecular weight is 504 g/mol. The molecular formula is C27H32F3N3O3. The highest BCUT2D eigenvalue weighted by molar-refractivity contribution is 5.95. The smallest absolute Gasteiger partial charge is 0.229 e. The van der Waals surface area contributed by atoms with Crippen molar-refractivity contribution < 1.29 is 22.4 Å². The lowest BCUT2D eigenvalue weighted by Gasteiger charge is -2.18. The molecule has 2 N–H and O–H groups in total. The van der Waals surface area contributed by atoms with Crippen LogP contribution in [0.3, 0.4) is 0 Å². The van der Waals surface area contributed by atoms with Crippen LogP contribution >= 0.6 is 0 Å². The molecule has 3 aromatic rings. The molecule has 0 bridgehead atoms. The quantitative estimate of drug-likeness (QED) is 0.350. The fourth-order valence-corrected chi connectivity index (χ4v) is 3.60.